The summed E-state index contributed by atoms with van der Waals surface area (Å²) < 4.78 is 11.6. The average molecular weight is 383 g/mol. The molecule has 0 radical (unpaired) electrons. The number of H-pyrrole nitrogens is 1. The monoisotopic (exact) mass is 383 g/mol. The maximum absolute atomic E-state index is 12.0. The van der Waals surface area contributed by atoms with Crippen molar-refractivity contribution >= 4 is 17.0 Å². The molecule has 0 aliphatic carbocycles. The number of amides is 1. The van der Waals surface area contributed by atoms with Crippen molar-refractivity contribution in [2.45, 2.75) is 44.2 Å². The van der Waals surface area contributed by atoms with Crippen molar-refractivity contribution in [3.05, 3.63) is 35.5 Å². The third kappa shape index (κ3) is 2.90. The number of benzene rings is 1. The molecule has 1 aromatic carbocycles. The van der Waals surface area contributed by atoms with Crippen LogP contribution in [0.2, 0.25) is 0 Å². The van der Waals surface area contributed by atoms with Gasteiger partial charge in [0.05, 0.1) is 18.9 Å². The van der Waals surface area contributed by atoms with Gasteiger partial charge in [0.2, 0.25) is 0 Å². The molecule has 2 saturated heterocycles. The zero-order valence-electron chi connectivity index (χ0n) is 16.6. The number of para-hydroxylation sites is 1. The topological polar surface area (TPSA) is 57.8 Å². The van der Waals surface area contributed by atoms with Gasteiger partial charge in [-0.2, -0.15) is 0 Å². The second kappa shape index (κ2) is 7.08. The van der Waals surface area contributed by atoms with Gasteiger partial charge < -0.3 is 19.4 Å². The number of piperidine rings is 1. The van der Waals surface area contributed by atoms with Crippen molar-refractivity contribution in [3.63, 3.8) is 0 Å². The number of likely N-dealkylation sites (tertiary alicyclic amines) is 2. The third-order valence-electron chi connectivity index (χ3n) is 6.81. The van der Waals surface area contributed by atoms with Gasteiger partial charge in [-0.1, -0.05) is 18.2 Å². The molecule has 1 N–H and O–H groups in total. The number of carbonyl (C=O) groups excluding carboxylic acids is 1. The summed E-state index contributed by atoms with van der Waals surface area (Å²) in [6.45, 7) is 6.70. The van der Waals surface area contributed by atoms with Gasteiger partial charge in [0.1, 0.15) is 5.60 Å². The Balaban J connectivity index is 1.30. The number of aromatic amines is 1. The van der Waals surface area contributed by atoms with Crippen LogP contribution in [0.1, 0.15) is 37.4 Å². The Labute approximate surface area is 165 Å². The zero-order chi connectivity index (χ0) is 19.1. The third-order valence-corrected chi connectivity index (χ3v) is 6.81. The fourth-order valence-electron chi connectivity index (χ4n) is 5.33. The Morgan fingerprint density at radius 1 is 1.29 bits per heavy atom. The van der Waals surface area contributed by atoms with Gasteiger partial charge in [0.25, 0.3) is 0 Å². The summed E-state index contributed by atoms with van der Waals surface area (Å²) >= 11 is 0. The number of nitrogens with one attached hydrogen (secondary N) is 1. The van der Waals surface area contributed by atoms with Gasteiger partial charge in [-0.3, -0.25) is 4.90 Å². The highest BCUT2D eigenvalue weighted by molar-refractivity contribution is 5.85. The highest BCUT2D eigenvalue weighted by Gasteiger charge is 2.44. The second-order valence-electron chi connectivity index (χ2n) is 8.24. The van der Waals surface area contributed by atoms with E-state index in [1.54, 1.807) is 0 Å². The molecule has 0 bridgehead atoms. The van der Waals surface area contributed by atoms with Crippen molar-refractivity contribution in [1.29, 1.82) is 0 Å². The Morgan fingerprint density at radius 2 is 2.11 bits per heavy atom. The van der Waals surface area contributed by atoms with Crippen LogP contribution in [0, 0.1) is 0 Å². The molecule has 6 nitrogen and oxygen atoms in total. The first-order chi connectivity index (χ1) is 13.7. The van der Waals surface area contributed by atoms with E-state index >= 15 is 0 Å². The molecule has 150 valence electrons. The summed E-state index contributed by atoms with van der Waals surface area (Å²) in [4.78, 5) is 20.1. The summed E-state index contributed by atoms with van der Waals surface area (Å²) in [7, 11) is 0. The normalized spacial score (nSPS) is 24.6. The van der Waals surface area contributed by atoms with Crippen LogP contribution in [0.15, 0.2) is 24.3 Å². The molecule has 3 aliphatic heterocycles. The Bertz CT molecular complexity index is 869. The van der Waals surface area contributed by atoms with Gasteiger partial charge >= 0.3 is 6.09 Å². The Hall–Kier alpha value is -2.05. The van der Waals surface area contributed by atoms with Crippen molar-refractivity contribution in [3.8, 4) is 0 Å². The molecular formula is C22H29N3O3. The number of carbonyl (C=O) groups is 1. The molecule has 2 aromatic rings. The summed E-state index contributed by atoms with van der Waals surface area (Å²) in [6, 6.07) is 9.04. The fourth-order valence-corrected chi connectivity index (χ4v) is 5.33. The first kappa shape index (κ1) is 18.0. The summed E-state index contributed by atoms with van der Waals surface area (Å²) in [5.74, 6) is 0. The molecule has 28 heavy (non-hydrogen) atoms. The van der Waals surface area contributed by atoms with E-state index in [1.807, 2.05) is 11.8 Å². The highest BCUT2D eigenvalue weighted by Crippen LogP contribution is 2.44. The Morgan fingerprint density at radius 3 is 2.93 bits per heavy atom. The number of aromatic nitrogens is 1. The number of hydrogen-bond donors (Lipinski definition) is 1. The minimum Gasteiger partial charge on any atom is -0.450 e. The van der Waals surface area contributed by atoms with E-state index in [-0.39, 0.29) is 11.7 Å². The van der Waals surface area contributed by atoms with Crippen LogP contribution < -0.4 is 0 Å². The van der Waals surface area contributed by atoms with Gasteiger partial charge in [-0.15, -0.1) is 0 Å². The molecule has 6 heteroatoms. The maximum atomic E-state index is 12.0. The standard InChI is InChI=1S/C22H29N3O3/c1-2-27-21(26)25-11-7-16(15-25)24-12-9-22(10-13-24)20-18(8-14-28-22)17-5-3-4-6-19(17)23-20/h3-6,16,23H,2,7-15H2,1H3. The van der Waals surface area contributed by atoms with E-state index in [0.717, 1.165) is 58.5 Å². The van der Waals surface area contributed by atoms with Crippen molar-refractivity contribution < 1.29 is 14.3 Å². The minimum absolute atomic E-state index is 0.170. The minimum atomic E-state index is -0.178. The fraction of sp³-hybridized carbons (Fsp3) is 0.591. The molecule has 4 heterocycles. The molecule has 3 aliphatic rings. The number of rotatable bonds is 2. The van der Waals surface area contributed by atoms with E-state index in [4.69, 9.17) is 9.47 Å². The second-order valence-corrected chi connectivity index (χ2v) is 8.24. The highest BCUT2D eigenvalue weighted by atomic mass is 16.6. The quantitative estimate of drug-likeness (QED) is 0.865. The number of ether oxygens (including phenoxy) is 2. The van der Waals surface area contributed by atoms with E-state index < -0.39 is 0 Å². The molecule has 1 unspecified atom stereocenters. The lowest BCUT2D eigenvalue weighted by molar-refractivity contribution is -0.104. The van der Waals surface area contributed by atoms with E-state index in [0.29, 0.717) is 12.6 Å². The first-order valence-corrected chi connectivity index (χ1v) is 10.6. The SMILES string of the molecule is CCOC(=O)N1CCC(N2CCC3(CC2)OCCc2c3[nH]c3ccccc23)C1. The van der Waals surface area contributed by atoms with E-state index in [1.165, 1.54) is 22.2 Å². The number of fused-ring (bicyclic) bond motifs is 4. The van der Waals surface area contributed by atoms with Gasteiger partial charge in [0.15, 0.2) is 0 Å². The van der Waals surface area contributed by atoms with Crippen LogP contribution in [-0.2, 0) is 21.5 Å². The van der Waals surface area contributed by atoms with Gasteiger partial charge in [-0.05, 0) is 44.2 Å². The number of nitrogens with zero attached hydrogens (tertiary/aromatic N) is 2. The van der Waals surface area contributed by atoms with Crippen molar-refractivity contribution in [2.24, 2.45) is 0 Å². The van der Waals surface area contributed by atoms with Crippen LogP contribution in [0.3, 0.4) is 0 Å². The molecule has 1 amide bonds. The molecule has 0 saturated carbocycles. The predicted octanol–water partition coefficient (Wildman–Crippen LogP) is 3.26. The summed E-state index contributed by atoms with van der Waals surface area (Å²) in [5, 5.41) is 1.35. The lowest BCUT2D eigenvalue weighted by Gasteiger charge is -2.45. The molecule has 5 rings (SSSR count). The van der Waals surface area contributed by atoms with Gasteiger partial charge in [-0.25, -0.2) is 4.79 Å². The smallest absolute Gasteiger partial charge is 0.409 e. The molecule has 1 aromatic heterocycles. The van der Waals surface area contributed by atoms with Crippen LogP contribution in [0.25, 0.3) is 10.9 Å². The Kier molecular flexibility index (Phi) is 4.56. The van der Waals surface area contributed by atoms with Crippen molar-refractivity contribution in [1.82, 2.24) is 14.8 Å². The summed E-state index contributed by atoms with van der Waals surface area (Å²) in [6.07, 6.45) is 3.86. The van der Waals surface area contributed by atoms with Crippen LogP contribution in [0.5, 0.6) is 0 Å². The largest absolute Gasteiger partial charge is 0.450 e. The maximum Gasteiger partial charge on any atom is 0.409 e. The van der Waals surface area contributed by atoms with E-state index in [2.05, 4.69) is 34.1 Å². The zero-order valence-corrected chi connectivity index (χ0v) is 16.6. The molecule has 2 fully saturated rings. The predicted molar refractivity (Wildman–Crippen MR) is 107 cm³/mol. The summed E-state index contributed by atoms with van der Waals surface area (Å²) in [5.41, 5.74) is 3.80. The lowest BCUT2D eigenvalue weighted by atomic mass is 9.83. The van der Waals surface area contributed by atoms with E-state index in [9.17, 15) is 4.79 Å². The number of hydrogen-bond acceptors (Lipinski definition) is 4. The first-order valence-electron chi connectivity index (χ1n) is 10.6. The lowest BCUT2D eigenvalue weighted by Crippen LogP contribution is -2.50. The van der Waals surface area contributed by atoms with Crippen LogP contribution in [-0.4, -0.2) is 66.3 Å². The van der Waals surface area contributed by atoms with Crippen molar-refractivity contribution in [2.75, 3.05) is 39.4 Å². The molecule has 1 atom stereocenters. The van der Waals surface area contributed by atoms with Crippen LogP contribution in [0.4, 0.5) is 4.79 Å². The molecule has 1 spiro atoms. The van der Waals surface area contributed by atoms with Crippen LogP contribution >= 0.6 is 0 Å². The van der Waals surface area contributed by atoms with Gasteiger partial charge in [0, 0.05) is 43.1 Å². The average Bonchev–Trinajstić information content (AvgIpc) is 3.35. The molecular weight excluding hydrogens is 354 g/mol.